The van der Waals surface area contributed by atoms with Crippen molar-refractivity contribution in [3.8, 4) is 22.2 Å². The lowest BCUT2D eigenvalue weighted by Gasteiger charge is -2.34. The first kappa shape index (κ1) is 21.3. The van der Waals surface area contributed by atoms with Gasteiger partial charge in [0.15, 0.2) is 11.5 Å². The third-order valence-corrected chi connectivity index (χ3v) is 6.23. The van der Waals surface area contributed by atoms with Crippen LogP contribution in [0.1, 0.15) is 17.9 Å². The van der Waals surface area contributed by atoms with E-state index in [2.05, 4.69) is 15.0 Å². The molecule has 3 aromatic rings. The monoisotopic (exact) mass is 442 g/mol. The Bertz CT molecular complexity index is 997. The smallest absolute Gasteiger partial charge is 0.241 e. The SMILES string of the molecule is COc1ccc(CCC(=O)N2CCN(Cc3nc(-c4cccs4)no3)CC2)cc1OC. The molecule has 0 radical (unpaired) electrons. The lowest BCUT2D eigenvalue weighted by atomic mass is 10.1. The van der Waals surface area contributed by atoms with Crippen molar-refractivity contribution < 1.29 is 18.8 Å². The molecule has 1 aliphatic rings. The summed E-state index contributed by atoms with van der Waals surface area (Å²) in [6, 6.07) is 9.72. The van der Waals surface area contributed by atoms with Gasteiger partial charge < -0.3 is 18.9 Å². The molecule has 0 unspecified atom stereocenters. The number of hydrogen-bond acceptors (Lipinski definition) is 8. The fourth-order valence-corrected chi connectivity index (χ4v) is 4.27. The first-order valence-corrected chi connectivity index (χ1v) is 11.1. The Balaban J connectivity index is 1.24. The van der Waals surface area contributed by atoms with Crippen molar-refractivity contribution in [2.45, 2.75) is 19.4 Å². The van der Waals surface area contributed by atoms with E-state index in [0.29, 0.717) is 55.7 Å². The van der Waals surface area contributed by atoms with Gasteiger partial charge in [-0.05, 0) is 35.6 Å². The zero-order valence-electron chi connectivity index (χ0n) is 17.7. The fourth-order valence-electron chi connectivity index (χ4n) is 3.62. The molecule has 0 spiro atoms. The summed E-state index contributed by atoms with van der Waals surface area (Å²) in [5.74, 6) is 2.79. The molecule has 1 saturated heterocycles. The molecule has 4 rings (SSSR count). The van der Waals surface area contributed by atoms with Crippen molar-refractivity contribution in [1.29, 1.82) is 0 Å². The van der Waals surface area contributed by atoms with Gasteiger partial charge in [-0.15, -0.1) is 11.3 Å². The number of rotatable bonds is 8. The van der Waals surface area contributed by atoms with Crippen molar-refractivity contribution in [1.82, 2.24) is 19.9 Å². The van der Waals surface area contributed by atoms with Gasteiger partial charge >= 0.3 is 0 Å². The molecule has 0 aliphatic carbocycles. The summed E-state index contributed by atoms with van der Waals surface area (Å²) in [5.41, 5.74) is 1.06. The van der Waals surface area contributed by atoms with Gasteiger partial charge in [0.1, 0.15) is 0 Å². The van der Waals surface area contributed by atoms with Crippen LogP contribution in [0.4, 0.5) is 0 Å². The van der Waals surface area contributed by atoms with Gasteiger partial charge in [-0.2, -0.15) is 4.98 Å². The van der Waals surface area contributed by atoms with Crippen LogP contribution in [0.3, 0.4) is 0 Å². The molecule has 8 nitrogen and oxygen atoms in total. The summed E-state index contributed by atoms with van der Waals surface area (Å²) in [4.78, 5) is 22.3. The van der Waals surface area contributed by atoms with E-state index >= 15 is 0 Å². The molecular formula is C22H26N4O4S. The van der Waals surface area contributed by atoms with Gasteiger partial charge in [-0.25, -0.2) is 0 Å². The Morgan fingerprint density at radius 3 is 2.65 bits per heavy atom. The molecule has 0 bridgehead atoms. The van der Waals surface area contributed by atoms with E-state index in [0.717, 1.165) is 23.5 Å². The largest absolute Gasteiger partial charge is 0.493 e. The van der Waals surface area contributed by atoms with E-state index in [1.807, 2.05) is 40.6 Å². The number of benzene rings is 1. The molecule has 9 heteroatoms. The summed E-state index contributed by atoms with van der Waals surface area (Å²) in [7, 11) is 3.23. The summed E-state index contributed by atoms with van der Waals surface area (Å²) in [6.07, 6.45) is 1.15. The van der Waals surface area contributed by atoms with Crippen LogP contribution in [-0.4, -0.2) is 66.2 Å². The number of piperazine rings is 1. The number of amides is 1. The molecule has 1 aliphatic heterocycles. The minimum Gasteiger partial charge on any atom is -0.493 e. The van der Waals surface area contributed by atoms with Gasteiger partial charge in [-0.1, -0.05) is 17.3 Å². The number of aryl methyl sites for hydroxylation is 1. The van der Waals surface area contributed by atoms with Crippen LogP contribution in [0.15, 0.2) is 40.2 Å². The summed E-state index contributed by atoms with van der Waals surface area (Å²) >= 11 is 1.59. The van der Waals surface area contributed by atoms with Crippen LogP contribution in [0.5, 0.6) is 11.5 Å². The highest BCUT2D eigenvalue weighted by atomic mass is 32.1. The van der Waals surface area contributed by atoms with Crippen molar-refractivity contribution >= 4 is 17.2 Å². The second-order valence-corrected chi connectivity index (χ2v) is 8.28. The van der Waals surface area contributed by atoms with E-state index in [1.165, 1.54) is 0 Å². The zero-order valence-corrected chi connectivity index (χ0v) is 18.6. The van der Waals surface area contributed by atoms with Crippen molar-refractivity contribution in [2.24, 2.45) is 0 Å². The topological polar surface area (TPSA) is 80.9 Å². The van der Waals surface area contributed by atoms with E-state index < -0.39 is 0 Å². The molecule has 2 aromatic heterocycles. The predicted molar refractivity (Wildman–Crippen MR) is 117 cm³/mol. The first-order valence-electron chi connectivity index (χ1n) is 10.2. The van der Waals surface area contributed by atoms with Crippen molar-refractivity contribution in [2.75, 3.05) is 40.4 Å². The lowest BCUT2D eigenvalue weighted by Crippen LogP contribution is -2.48. The van der Waals surface area contributed by atoms with Gasteiger partial charge in [0.05, 0.1) is 25.6 Å². The predicted octanol–water partition coefficient (Wildman–Crippen LogP) is 3.09. The molecule has 0 saturated carbocycles. The molecule has 0 N–H and O–H groups in total. The average Bonchev–Trinajstić information content (AvgIpc) is 3.50. The van der Waals surface area contributed by atoms with Crippen molar-refractivity contribution in [3.63, 3.8) is 0 Å². The molecule has 1 amide bonds. The lowest BCUT2D eigenvalue weighted by molar-refractivity contribution is -0.133. The van der Waals surface area contributed by atoms with Gasteiger partial charge in [0.25, 0.3) is 0 Å². The molecule has 0 atom stereocenters. The number of carbonyl (C=O) groups is 1. The minimum absolute atomic E-state index is 0.173. The maximum absolute atomic E-state index is 12.7. The number of nitrogens with zero attached hydrogens (tertiary/aromatic N) is 4. The normalized spacial score (nSPS) is 14.6. The Morgan fingerprint density at radius 2 is 1.94 bits per heavy atom. The molecule has 31 heavy (non-hydrogen) atoms. The minimum atomic E-state index is 0.173. The molecule has 164 valence electrons. The quantitative estimate of drug-likeness (QED) is 0.530. The number of thiophene rings is 1. The highest BCUT2D eigenvalue weighted by molar-refractivity contribution is 7.13. The average molecular weight is 443 g/mol. The summed E-state index contributed by atoms with van der Waals surface area (Å²) < 4.78 is 16.0. The third kappa shape index (κ3) is 5.23. The van der Waals surface area contributed by atoms with Crippen LogP contribution in [0.2, 0.25) is 0 Å². The number of carbonyl (C=O) groups excluding carboxylic acids is 1. The van der Waals surface area contributed by atoms with Crippen LogP contribution in [-0.2, 0) is 17.8 Å². The van der Waals surface area contributed by atoms with Crippen molar-refractivity contribution in [3.05, 3.63) is 47.2 Å². The number of methoxy groups -OCH3 is 2. The van der Waals surface area contributed by atoms with Crippen LogP contribution < -0.4 is 9.47 Å². The summed E-state index contributed by atoms with van der Waals surface area (Å²) in [6.45, 7) is 3.59. The maximum Gasteiger partial charge on any atom is 0.241 e. The molecular weight excluding hydrogens is 416 g/mol. The van der Waals surface area contributed by atoms with Gasteiger partial charge in [-0.3, -0.25) is 9.69 Å². The Labute approximate surface area is 185 Å². The Kier molecular flexibility index (Phi) is 6.83. The Hall–Kier alpha value is -2.91. The second-order valence-electron chi connectivity index (χ2n) is 7.34. The van der Waals surface area contributed by atoms with Crippen LogP contribution >= 0.6 is 11.3 Å². The van der Waals surface area contributed by atoms with Gasteiger partial charge in [0, 0.05) is 32.6 Å². The zero-order chi connectivity index (χ0) is 21.6. The number of ether oxygens (including phenoxy) is 2. The second kappa shape index (κ2) is 9.93. The van der Waals surface area contributed by atoms with E-state index in [9.17, 15) is 4.79 Å². The van der Waals surface area contributed by atoms with E-state index in [1.54, 1.807) is 25.6 Å². The van der Waals surface area contributed by atoms with Gasteiger partial charge in [0.2, 0.25) is 17.6 Å². The first-order chi connectivity index (χ1) is 15.2. The molecule has 1 fully saturated rings. The highest BCUT2D eigenvalue weighted by Gasteiger charge is 2.22. The summed E-state index contributed by atoms with van der Waals surface area (Å²) in [5, 5.41) is 6.05. The number of hydrogen-bond donors (Lipinski definition) is 0. The van der Waals surface area contributed by atoms with Crippen LogP contribution in [0, 0.1) is 0 Å². The van der Waals surface area contributed by atoms with Crippen LogP contribution in [0.25, 0.3) is 10.7 Å². The molecule has 3 heterocycles. The fraction of sp³-hybridized carbons (Fsp3) is 0.409. The highest BCUT2D eigenvalue weighted by Crippen LogP contribution is 2.28. The van der Waals surface area contributed by atoms with E-state index in [4.69, 9.17) is 14.0 Å². The van der Waals surface area contributed by atoms with E-state index in [-0.39, 0.29) is 5.91 Å². The molecule has 1 aromatic carbocycles. The number of aromatic nitrogens is 2. The Morgan fingerprint density at radius 1 is 1.13 bits per heavy atom. The standard InChI is InChI=1S/C22H26N4O4S/c1-28-17-7-5-16(14-18(17)29-2)6-8-21(27)26-11-9-25(10-12-26)15-20-23-22(24-30-20)19-4-3-13-31-19/h3-5,7,13-14H,6,8-12,15H2,1-2H3. The maximum atomic E-state index is 12.7. The third-order valence-electron chi connectivity index (χ3n) is 5.37.